The van der Waals surface area contributed by atoms with Gasteiger partial charge in [-0.05, 0) is 59.5 Å². The van der Waals surface area contributed by atoms with Crippen LogP contribution in [-0.2, 0) is 14.3 Å². The highest BCUT2D eigenvalue weighted by Crippen LogP contribution is 2.26. The van der Waals surface area contributed by atoms with Gasteiger partial charge < -0.3 is 14.4 Å². The number of piperidine rings is 1. The van der Waals surface area contributed by atoms with Crippen LogP contribution < -0.4 is 0 Å². The molecule has 0 saturated carbocycles. The van der Waals surface area contributed by atoms with E-state index >= 15 is 0 Å². The lowest BCUT2D eigenvalue weighted by Gasteiger charge is -2.36. The van der Waals surface area contributed by atoms with Crippen LogP contribution in [-0.4, -0.2) is 66.3 Å². The second-order valence-corrected chi connectivity index (χ2v) is 7.84. The average Bonchev–Trinajstić information content (AvgIpc) is 2.76. The summed E-state index contributed by atoms with van der Waals surface area (Å²) >= 11 is 0. The molecule has 0 spiro atoms. The molecule has 1 amide bonds. The highest BCUT2D eigenvalue weighted by atomic mass is 16.6. The van der Waals surface area contributed by atoms with Gasteiger partial charge in [-0.3, -0.25) is 9.69 Å². The van der Waals surface area contributed by atoms with E-state index in [0.717, 1.165) is 32.4 Å². The van der Waals surface area contributed by atoms with E-state index in [0.29, 0.717) is 12.5 Å². The molecule has 0 aliphatic carbocycles. The Morgan fingerprint density at radius 2 is 1.96 bits per heavy atom. The summed E-state index contributed by atoms with van der Waals surface area (Å²) in [5.74, 6) is 0.375. The summed E-state index contributed by atoms with van der Waals surface area (Å²) in [6.45, 7) is 10.0. The van der Waals surface area contributed by atoms with E-state index in [9.17, 15) is 9.59 Å². The third kappa shape index (κ3) is 5.09. The number of rotatable bonds is 3. The third-order valence-electron chi connectivity index (χ3n) is 4.47. The molecular weight excluding hydrogens is 296 g/mol. The number of carbonyl (C=O) groups is 2. The van der Waals surface area contributed by atoms with Crippen molar-refractivity contribution in [3.63, 3.8) is 0 Å². The van der Waals surface area contributed by atoms with E-state index in [2.05, 4.69) is 4.90 Å². The zero-order valence-electron chi connectivity index (χ0n) is 15.0. The van der Waals surface area contributed by atoms with Crippen molar-refractivity contribution in [3.05, 3.63) is 0 Å². The molecule has 6 heteroatoms. The number of ether oxygens (including phenoxy) is 2. The first-order chi connectivity index (χ1) is 10.7. The zero-order chi connectivity index (χ0) is 17.2. The molecule has 2 saturated heterocycles. The van der Waals surface area contributed by atoms with Crippen molar-refractivity contribution in [3.8, 4) is 0 Å². The van der Waals surface area contributed by atoms with Gasteiger partial charge in [-0.25, -0.2) is 4.79 Å². The van der Waals surface area contributed by atoms with Crippen LogP contribution >= 0.6 is 0 Å². The lowest BCUT2D eigenvalue weighted by molar-refractivity contribution is -0.145. The van der Waals surface area contributed by atoms with E-state index < -0.39 is 5.60 Å². The van der Waals surface area contributed by atoms with Crippen LogP contribution in [0.2, 0.25) is 0 Å². The predicted molar refractivity (Wildman–Crippen MR) is 87.1 cm³/mol. The molecule has 2 fully saturated rings. The first-order valence-corrected chi connectivity index (χ1v) is 8.54. The minimum atomic E-state index is -0.464. The van der Waals surface area contributed by atoms with E-state index in [1.54, 1.807) is 11.9 Å². The van der Waals surface area contributed by atoms with Crippen molar-refractivity contribution in [2.45, 2.75) is 64.7 Å². The van der Waals surface area contributed by atoms with Crippen molar-refractivity contribution < 1.29 is 19.1 Å². The monoisotopic (exact) mass is 326 g/mol. The van der Waals surface area contributed by atoms with Crippen LogP contribution in [0, 0.1) is 5.92 Å². The van der Waals surface area contributed by atoms with Crippen LogP contribution in [0.3, 0.4) is 0 Å². The predicted octanol–water partition coefficient (Wildman–Crippen LogP) is 2.27. The van der Waals surface area contributed by atoms with Crippen LogP contribution in [0.25, 0.3) is 0 Å². The van der Waals surface area contributed by atoms with Gasteiger partial charge in [0, 0.05) is 20.0 Å². The Morgan fingerprint density at radius 3 is 2.43 bits per heavy atom. The molecule has 2 aliphatic heterocycles. The Balaban J connectivity index is 1.76. The van der Waals surface area contributed by atoms with E-state index in [-0.39, 0.29) is 24.2 Å². The van der Waals surface area contributed by atoms with Gasteiger partial charge in [-0.2, -0.15) is 0 Å². The topological polar surface area (TPSA) is 59.1 Å². The van der Waals surface area contributed by atoms with Gasteiger partial charge in [0.15, 0.2) is 0 Å². The molecule has 2 aliphatic rings. The number of amides is 1. The van der Waals surface area contributed by atoms with Crippen molar-refractivity contribution in [2.75, 3.05) is 26.7 Å². The van der Waals surface area contributed by atoms with Gasteiger partial charge in [0.2, 0.25) is 0 Å². The molecule has 0 bridgehead atoms. The van der Waals surface area contributed by atoms with Gasteiger partial charge in [0.25, 0.3) is 0 Å². The SMILES string of the molecule is C[C@H]1C[C@@H](N2CCC(CN(C)C(=O)OC(C)(C)C)CC2)C(=O)O1. The van der Waals surface area contributed by atoms with Crippen LogP contribution in [0.5, 0.6) is 0 Å². The van der Waals surface area contributed by atoms with Crippen molar-refractivity contribution in [2.24, 2.45) is 5.92 Å². The highest BCUT2D eigenvalue weighted by Gasteiger charge is 2.38. The molecule has 0 aromatic heterocycles. The van der Waals surface area contributed by atoms with Gasteiger partial charge in [0.1, 0.15) is 17.7 Å². The standard InChI is InChI=1S/C17H30N2O4/c1-12-10-14(15(20)22-12)19-8-6-13(7-9-19)11-18(5)16(21)23-17(2,3)4/h12-14H,6-11H2,1-5H3/t12-,14+/m0/s1. The van der Waals surface area contributed by atoms with Crippen molar-refractivity contribution in [1.29, 1.82) is 0 Å². The fourth-order valence-corrected chi connectivity index (χ4v) is 3.28. The Hall–Kier alpha value is -1.30. The summed E-state index contributed by atoms with van der Waals surface area (Å²) < 4.78 is 10.6. The molecule has 2 atom stereocenters. The summed E-state index contributed by atoms with van der Waals surface area (Å²) in [5.41, 5.74) is -0.464. The lowest BCUT2D eigenvalue weighted by atomic mass is 9.95. The van der Waals surface area contributed by atoms with Crippen molar-refractivity contribution in [1.82, 2.24) is 9.80 Å². The molecule has 0 aromatic carbocycles. The molecule has 23 heavy (non-hydrogen) atoms. The highest BCUT2D eigenvalue weighted by molar-refractivity contribution is 5.78. The summed E-state index contributed by atoms with van der Waals surface area (Å²) in [7, 11) is 1.79. The maximum Gasteiger partial charge on any atom is 0.410 e. The van der Waals surface area contributed by atoms with Gasteiger partial charge in [0.05, 0.1) is 0 Å². The number of hydrogen-bond acceptors (Lipinski definition) is 5. The van der Waals surface area contributed by atoms with Gasteiger partial charge >= 0.3 is 12.1 Å². The Morgan fingerprint density at radius 1 is 1.35 bits per heavy atom. The normalized spacial score (nSPS) is 26.9. The Bertz CT molecular complexity index is 438. The van der Waals surface area contributed by atoms with Crippen LogP contribution in [0.4, 0.5) is 4.79 Å². The largest absolute Gasteiger partial charge is 0.461 e. The van der Waals surface area contributed by atoms with E-state index in [1.807, 2.05) is 27.7 Å². The molecule has 0 aromatic rings. The van der Waals surface area contributed by atoms with Crippen LogP contribution in [0.15, 0.2) is 0 Å². The second-order valence-electron chi connectivity index (χ2n) is 7.84. The molecule has 2 rings (SSSR count). The van der Waals surface area contributed by atoms with Crippen molar-refractivity contribution >= 4 is 12.1 Å². The summed E-state index contributed by atoms with van der Waals surface area (Å²) in [5, 5.41) is 0. The molecule has 0 unspecified atom stereocenters. The third-order valence-corrected chi connectivity index (χ3v) is 4.47. The Kier molecular flexibility index (Phi) is 5.55. The summed E-state index contributed by atoms with van der Waals surface area (Å²) in [6.07, 6.45) is 2.54. The molecule has 0 radical (unpaired) electrons. The van der Waals surface area contributed by atoms with Crippen LogP contribution in [0.1, 0.15) is 47.0 Å². The smallest absolute Gasteiger partial charge is 0.410 e. The molecule has 0 N–H and O–H groups in total. The van der Waals surface area contributed by atoms with Gasteiger partial charge in [-0.1, -0.05) is 0 Å². The second kappa shape index (κ2) is 7.07. The number of esters is 1. The summed E-state index contributed by atoms with van der Waals surface area (Å²) in [6, 6.07) is -0.0745. The number of carbonyl (C=O) groups excluding carboxylic acids is 2. The minimum Gasteiger partial charge on any atom is -0.461 e. The van der Waals surface area contributed by atoms with E-state index in [1.165, 1.54) is 0 Å². The fourth-order valence-electron chi connectivity index (χ4n) is 3.28. The Labute approximate surface area is 139 Å². The summed E-state index contributed by atoms with van der Waals surface area (Å²) in [4.78, 5) is 27.7. The maximum atomic E-state index is 12.0. The molecule has 6 nitrogen and oxygen atoms in total. The zero-order valence-corrected chi connectivity index (χ0v) is 15.0. The molecule has 2 heterocycles. The van der Waals surface area contributed by atoms with E-state index in [4.69, 9.17) is 9.47 Å². The molecular formula is C17H30N2O4. The molecule has 132 valence electrons. The number of likely N-dealkylation sites (tertiary alicyclic amines) is 1. The quantitative estimate of drug-likeness (QED) is 0.745. The average molecular weight is 326 g/mol. The van der Waals surface area contributed by atoms with Gasteiger partial charge in [-0.15, -0.1) is 0 Å². The number of cyclic esters (lactones) is 1. The fraction of sp³-hybridized carbons (Fsp3) is 0.882. The first kappa shape index (κ1) is 18.0. The first-order valence-electron chi connectivity index (χ1n) is 8.54. The minimum absolute atomic E-state index is 0.0310. The maximum absolute atomic E-state index is 12.0. The lowest BCUT2D eigenvalue weighted by Crippen LogP contribution is -2.46. The number of hydrogen-bond donors (Lipinski definition) is 0. The number of nitrogens with zero attached hydrogens (tertiary/aromatic N) is 2.